The number of amides is 2. The molecule has 2 amide bonds. The van der Waals surface area contributed by atoms with Gasteiger partial charge in [-0.3, -0.25) is 19.3 Å². The Labute approximate surface area is 192 Å². The lowest BCUT2D eigenvalue weighted by Gasteiger charge is -2.19. The number of nitrogens with one attached hydrogen (secondary N) is 1. The highest BCUT2D eigenvalue weighted by molar-refractivity contribution is 6.30. The summed E-state index contributed by atoms with van der Waals surface area (Å²) in [7, 11) is 1.61. The minimum Gasteiger partial charge on any atom is -0.454 e. The lowest BCUT2D eigenvalue weighted by atomic mass is 10.0. The first-order valence-electron chi connectivity index (χ1n) is 10.1. The van der Waals surface area contributed by atoms with Crippen molar-refractivity contribution in [3.05, 3.63) is 76.1 Å². The molecule has 0 saturated carbocycles. The van der Waals surface area contributed by atoms with Crippen molar-refractivity contribution in [3.8, 4) is 22.6 Å². The van der Waals surface area contributed by atoms with Crippen molar-refractivity contribution in [2.24, 2.45) is 7.05 Å². The molecule has 0 unspecified atom stereocenters. The Hall–Kier alpha value is -3.91. The summed E-state index contributed by atoms with van der Waals surface area (Å²) in [4.78, 5) is 41.2. The molecule has 5 rings (SSSR count). The number of carbonyl (C=O) groups excluding carboxylic acids is 2. The number of rotatable bonds is 4. The maximum absolute atomic E-state index is 14.5. The first kappa shape index (κ1) is 21.0. The van der Waals surface area contributed by atoms with Gasteiger partial charge in [-0.1, -0.05) is 11.6 Å². The zero-order valence-corrected chi connectivity index (χ0v) is 18.1. The van der Waals surface area contributed by atoms with Crippen molar-refractivity contribution < 1.29 is 18.7 Å². The third-order valence-corrected chi connectivity index (χ3v) is 5.81. The number of nitrogens with zero attached hydrogens (tertiary/aromatic N) is 2. The molecular formula is C24H17ClFN3O4. The monoisotopic (exact) mass is 465 g/mol. The van der Waals surface area contributed by atoms with E-state index in [4.69, 9.17) is 16.3 Å². The molecule has 4 aromatic rings. The van der Waals surface area contributed by atoms with Gasteiger partial charge in [0.2, 0.25) is 11.8 Å². The van der Waals surface area contributed by atoms with Crippen LogP contribution in [0.1, 0.15) is 12.8 Å². The largest absolute Gasteiger partial charge is 0.454 e. The number of hydrogen-bond donors (Lipinski definition) is 1. The lowest BCUT2D eigenvalue weighted by Crippen LogP contribution is -2.28. The van der Waals surface area contributed by atoms with Crippen LogP contribution in [-0.4, -0.2) is 21.4 Å². The van der Waals surface area contributed by atoms with Crippen LogP contribution in [0.3, 0.4) is 0 Å². The van der Waals surface area contributed by atoms with Gasteiger partial charge in [-0.2, -0.15) is 0 Å². The summed E-state index contributed by atoms with van der Waals surface area (Å²) in [5.41, 5.74) is 1.63. The van der Waals surface area contributed by atoms with E-state index in [2.05, 4.69) is 4.98 Å². The predicted octanol–water partition coefficient (Wildman–Crippen LogP) is 4.77. The summed E-state index contributed by atoms with van der Waals surface area (Å²) < 4.78 is 21.8. The van der Waals surface area contributed by atoms with Gasteiger partial charge in [0.1, 0.15) is 11.3 Å². The SMILES string of the molecule is Cn1cc(-c2cc(N3C(=O)CCC3=O)ccc2Oc2ccc(Cl)cc2F)c2cc[nH]c2c1=O. The Kier molecular flexibility index (Phi) is 5.02. The number of carbonyl (C=O) groups is 2. The van der Waals surface area contributed by atoms with E-state index in [0.717, 1.165) is 11.0 Å². The molecule has 0 atom stereocenters. The van der Waals surface area contributed by atoms with Crippen LogP contribution in [0.4, 0.5) is 10.1 Å². The number of ether oxygens (including phenoxy) is 1. The van der Waals surface area contributed by atoms with E-state index in [0.29, 0.717) is 27.7 Å². The van der Waals surface area contributed by atoms with E-state index in [1.165, 1.54) is 16.7 Å². The Morgan fingerprint density at radius 1 is 0.970 bits per heavy atom. The van der Waals surface area contributed by atoms with Gasteiger partial charge in [0.05, 0.1) is 5.69 Å². The van der Waals surface area contributed by atoms with Crippen molar-refractivity contribution in [1.29, 1.82) is 0 Å². The van der Waals surface area contributed by atoms with Crippen LogP contribution >= 0.6 is 11.6 Å². The number of H-pyrrole nitrogens is 1. The third-order valence-electron chi connectivity index (χ3n) is 5.57. The van der Waals surface area contributed by atoms with Crippen LogP contribution in [0.15, 0.2) is 59.7 Å². The molecule has 0 spiro atoms. The highest BCUT2D eigenvalue weighted by Crippen LogP contribution is 2.40. The molecule has 1 aliphatic heterocycles. The highest BCUT2D eigenvalue weighted by atomic mass is 35.5. The van der Waals surface area contributed by atoms with Gasteiger partial charge in [-0.05, 0) is 42.5 Å². The molecule has 1 fully saturated rings. The number of fused-ring (bicyclic) bond motifs is 1. The first-order chi connectivity index (χ1) is 15.8. The van der Waals surface area contributed by atoms with Gasteiger partial charge >= 0.3 is 0 Å². The van der Waals surface area contributed by atoms with E-state index in [1.807, 2.05) is 0 Å². The minimum absolute atomic E-state index is 0.0446. The molecule has 9 heteroatoms. The fraction of sp³-hybridized carbons (Fsp3) is 0.125. The number of aryl methyl sites for hydroxylation is 1. The molecular weight excluding hydrogens is 449 g/mol. The second-order valence-corrected chi connectivity index (χ2v) is 8.14. The molecule has 33 heavy (non-hydrogen) atoms. The number of anilines is 1. The van der Waals surface area contributed by atoms with E-state index < -0.39 is 5.82 Å². The van der Waals surface area contributed by atoms with Gasteiger partial charge in [0.25, 0.3) is 5.56 Å². The van der Waals surface area contributed by atoms with Crippen molar-refractivity contribution in [2.45, 2.75) is 12.8 Å². The van der Waals surface area contributed by atoms with Crippen molar-refractivity contribution in [3.63, 3.8) is 0 Å². The molecule has 0 aliphatic carbocycles. The Balaban J connectivity index is 1.73. The second kappa shape index (κ2) is 7.90. The summed E-state index contributed by atoms with van der Waals surface area (Å²) in [5.74, 6) is -1.00. The minimum atomic E-state index is -0.644. The summed E-state index contributed by atoms with van der Waals surface area (Å²) in [5, 5.41) is 0.851. The molecule has 3 heterocycles. The maximum Gasteiger partial charge on any atom is 0.274 e. The van der Waals surface area contributed by atoms with Gasteiger partial charge in [-0.25, -0.2) is 4.39 Å². The summed E-state index contributed by atoms with van der Waals surface area (Å²) in [6.45, 7) is 0. The molecule has 0 bridgehead atoms. The van der Waals surface area contributed by atoms with Crippen LogP contribution in [0.2, 0.25) is 5.02 Å². The molecule has 7 nitrogen and oxygen atoms in total. The summed E-state index contributed by atoms with van der Waals surface area (Å²) in [6, 6.07) is 10.6. The zero-order valence-electron chi connectivity index (χ0n) is 17.4. The molecule has 0 radical (unpaired) electrons. The lowest BCUT2D eigenvalue weighted by molar-refractivity contribution is -0.121. The zero-order chi connectivity index (χ0) is 23.3. The van der Waals surface area contributed by atoms with Crippen LogP contribution < -0.4 is 15.2 Å². The van der Waals surface area contributed by atoms with Crippen LogP contribution in [0.25, 0.3) is 22.0 Å². The van der Waals surface area contributed by atoms with Crippen molar-refractivity contribution >= 4 is 40.0 Å². The molecule has 166 valence electrons. The first-order valence-corrected chi connectivity index (χ1v) is 10.5. The van der Waals surface area contributed by atoms with Crippen LogP contribution in [0.5, 0.6) is 11.5 Å². The summed E-state index contributed by atoms with van der Waals surface area (Å²) in [6.07, 6.45) is 3.57. The molecule has 2 aromatic carbocycles. The van der Waals surface area contributed by atoms with Gasteiger partial charge in [0, 0.05) is 53.8 Å². The van der Waals surface area contributed by atoms with E-state index >= 15 is 0 Å². The number of pyridine rings is 1. The molecule has 1 N–H and O–H groups in total. The Morgan fingerprint density at radius 3 is 2.42 bits per heavy atom. The van der Waals surface area contributed by atoms with Crippen molar-refractivity contribution in [2.75, 3.05) is 4.90 Å². The van der Waals surface area contributed by atoms with Gasteiger partial charge < -0.3 is 14.3 Å². The topological polar surface area (TPSA) is 84.4 Å². The molecule has 1 saturated heterocycles. The van der Waals surface area contributed by atoms with Crippen LogP contribution in [-0.2, 0) is 16.6 Å². The summed E-state index contributed by atoms with van der Waals surface area (Å²) >= 11 is 5.85. The number of aromatic amines is 1. The number of aromatic nitrogens is 2. The Morgan fingerprint density at radius 2 is 1.70 bits per heavy atom. The maximum atomic E-state index is 14.5. The second-order valence-electron chi connectivity index (χ2n) is 7.71. The fourth-order valence-electron chi connectivity index (χ4n) is 3.98. The van der Waals surface area contributed by atoms with Crippen LogP contribution in [0, 0.1) is 5.82 Å². The van der Waals surface area contributed by atoms with Crippen molar-refractivity contribution in [1.82, 2.24) is 9.55 Å². The van der Waals surface area contributed by atoms with Gasteiger partial charge in [-0.15, -0.1) is 0 Å². The average molecular weight is 466 g/mol. The number of imide groups is 1. The Bertz CT molecular complexity index is 1490. The highest BCUT2D eigenvalue weighted by Gasteiger charge is 2.31. The van der Waals surface area contributed by atoms with E-state index in [1.54, 1.807) is 43.7 Å². The van der Waals surface area contributed by atoms with Gasteiger partial charge in [0.15, 0.2) is 11.6 Å². The number of benzene rings is 2. The average Bonchev–Trinajstić information content (AvgIpc) is 3.40. The van der Waals surface area contributed by atoms with E-state index in [-0.39, 0.29) is 46.7 Å². The quantitative estimate of drug-likeness (QED) is 0.440. The third kappa shape index (κ3) is 3.58. The predicted molar refractivity (Wildman–Crippen MR) is 122 cm³/mol. The van der Waals surface area contributed by atoms with E-state index in [9.17, 15) is 18.8 Å². The molecule has 2 aromatic heterocycles. The molecule has 1 aliphatic rings. The number of hydrogen-bond acceptors (Lipinski definition) is 4. The smallest absolute Gasteiger partial charge is 0.274 e. The fourth-order valence-corrected chi connectivity index (χ4v) is 4.14. The number of halogens is 2. The standard InChI is InChI=1S/C24H17ClFN3O4/c1-28-12-17(15-8-9-27-23(15)24(28)32)16-11-14(29-21(30)6-7-22(29)31)3-5-19(16)33-20-4-2-13(25)10-18(20)26/h2-5,8-12,27H,6-7H2,1H3. The normalized spacial score (nSPS) is 13.8.